The Labute approximate surface area is 209 Å². The number of carbonyl (C=O) groups excluding carboxylic acids is 3. The highest BCUT2D eigenvalue weighted by Gasteiger charge is 2.38. The third-order valence-electron chi connectivity index (χ3n) is 6.63. The molecule has 0 aromatic carbocycles. The summed E-state index contributed by atoms with van der Waals surface area (Å²) in [4.78, 5) is 44.0. The third kappa shape index (κ3) is 10.3. The summed E-state index contributed by atoms with van der Waals surface area (Å²) < 4.78 is 41.6. The van der Waals surface area contributed by atoms with Crippen LogP contribution in [-0.4, -0.2) is 79.1 Å². The molecule has 1 heterocycles. The summed E-state index contributed by atoms with van der Waals surface area (Å²) >= 11 is 0. The van der Waals surface area contributed by atoms with Gasteiger partial charge in [0.1, 0.15) is 19.3 Å². The summed E-state index contributed by atoms with van der Waals surface area (Å²) in [6.07, 6.45) is 2.96. The average molecular weight is 521 g/mol. The number of alkyl halides is 3. The van der Waals surface area contributed by atoms with Crippen LogP contribution < -0.4 is 22.5 Å². The fourth-order valence-electron chi connectivity index (χ4n) is 4.85. The number of hydrogen-bond acceptors (Lipinski definition) is 6. The number of amides is 2. The van der Waals surface area contributed by atoms with E-state index in [0.717, 1.165) is 25.7 Å². The van der Waals surface area contributed by atoms with E-state index in [1.807, 2.05) is 0 Å². The van der Waals surface area contributed by atoms with E-state index < -0.39 is 49.2 Å². The number of hydrogen-bond donors (Lipinski definition) is 4. The van der Waals surface area contributed by atoms with Crippen molar-refractivity contribution in [3.05, 3.63) is 0 Å². The van der Waals surface area contributed by atoms with Crippen molar-refractivity contribution in [1.29, 1.82) is 0 Å². The third-order valence-corrected chi connectivity index (χ3v) is 6.63. The number of carbonyl (C=O) groups is 3. The van der Waals surface area contributed by atoms with E-state index in [2.05, 4.69) is 15.0 Å². The first-order valence-electron chi connectivity index (χ1n) is 12.6. The average Bonchev–Trinajstić information content (AvgIpc) is 3.30. The molecule has 0 aromatic rings. The minimum absolute atomic E-state index is 0.0958. The molecule has 7 N–H and O–H groups in total. The topological polar surface area (TPSA) is 166 Å². The minimum atomic E-state index is -4.58. The Morgan fingerprint density at radius 3 is 2.42 bits per heavy atom. The molecule has 1 aliphatic carbocycles. The van der Waals surface area contributed by atoms with Crippen molar-refractivity contribution in [3.8, 4) is 0 Å². The first-order chi connectivity index (χ1) is 17.0. The van der Waals surface area contributed by atoms with Gasteiger partial charge in [0.25, 0.3) is 0 Å². The van der Waals surface area contributed by atoms with Crippen LogP contribution in [0.15, 0.2) is 4.99 Å². The van der Waals surface area contributed by atoms with Crippen LogP contribution in [0.4, 0.5) is 13.2 Å². The van der Waals surface area contributed by atoms with Gasteiger partial charge < -0.3 is 32.2 Å². The summed E-state index contributed by atoms with van der Waals surface area (Å²) in [6, 6.07) is -2.60. The Hall–Kier alpha value is -2.41. The van der Waals surface area contributed by atoms with Crippen molar-refractivity contribution in [1.82, 2.24) is 10.2 Å². The van der Waals surface area contributed by atoms with E-state index in [9.17, 15) is 27.6 Å². The van der Waals surface area contributed by atoms with Gasteiger partial charge in [0.15, 0.2) is 11.7 Å². The Morgan fingerprint density at radius 1 is 1.08 bits per heavy atom. The fraction of sp³-hybridized carbons (Fsp3) is 0.826. The Morgan fingerprint density at radius 2 is 1.78 bits per heavy atom. The van der Waals surface area contributed by atoms with Crippen LogP contribution in [0.3, 0.4) is 0 Å². The van der Waals surface area contributed by atoms with E-state index in [1.54, 1.807) is 0 Å². The van der Waals surface area contributed by atoms with Crippen molar-refractivity contribution < 1.29 is 32.3 Å². The highest BCUT2D eigenvalue weighted by Crippen LogP contribution is 2.28. The summed E-state index contributed by atoms with van der Waals surface area (Å²) in [5.41, 5.74) is 16.8. The first-order valence-corrected chi connectivity index (χ1v) is 12.6. The summed E-state index contributed by atoms with van der Waals surface area (Å²) in [7, 11) is 0. The van der Waals surface area contributed by atoms with E-state index >= 15 is 0 Å². The monoisotopic (exact) mass is 520 g/mol. The second-order valence-electron chi connectivity index (χ2n) is 9.62. The standard InChI is InChI=1S/C23H39F3N6O4/c24-23(25,26)14-36-13-19(33)17(8-4-10-30-22(28)29)31-20(34)18-9-5-11-32(18)21(35)16(27)12-15-6-2-1-3-7-15/h15-18H,1-14,27H2,(H,31,34)(H4,28,29,30). The zero-order chi connectivity index (χ0) is 26.7. The van der Waals surface area contributed by atoms with Gasteiger partial charge in [-0.25, -0.2) is 0 Å². The van der Waals surface area contributed by atoms with Crippen LogP contribution >= 0.6 is 0 Å². The predicted molar refractivity (Wildman–Crippen MR) is 128 cm³/mol. The lowest BCUT2D eigenvalue weighted by molar-refractivity contribution is -0.175. The summed E-state index contributed by atoms with van der Waals surface area (Å²) in [5, 5.41) is 2.60. The molecule has 0 bridgehead atoms. The maximum Gasteiger partial charge on any atom is 0.411 e. The molecule has 0 spiro atoms. The lowest BCUT2D eigenvalue weighted by atomic mass is 9.84. The molecule has 2 aliphatic rings. The van der Waals surface area contributed by atoms with Crippen LogP contribution in [0.5, 0.6) is 0 Å². The summed E-state index contributed by atoms with van der Waals surface area (Å²) in [6.45, 7) is -1.83. The molecule has 3 atom stereocenters. The molecule has 1 saturated carbocycles. The number of guanidine groups is 1. The van der Waals surface area contributed by atoms with Crippen molar-refractivity contribution in [2.45, 2.75) is 88.5 Å². The predicted octanol–water partition coefficient (Wildman–Crippen LogP) is 0.962. The maximum absolute atomic E-state index is 13.1. The Balaban J connectivity index is 1.98. The Bertz CT molecular complexity index is 769. The van der Waals surface area contributed by atoms with Gasteiger partial charge in [0, 0.05) is 13.1 Å². The molecule has 2 amide bonds. The number of ether oxygens (including phenoxy) is 1. The van der Waals surface area contributed by atoms with Gasteiger partial charge in [0.05, 0.1) is 12.1 Å². The lowest BCUT2D eigenvalue weighted by Crippen LogP contribution is -2.54. The molecule has 36 heavy (non-hydrogen) atoms. The molecule has 13 heteroatoms. The van der Waals surface area contributed by atoms with Gasteiger partial charge in [0.2, 0.25) is 11.8 Å². The number of rotatable bonds is 13. The molecule has 0 radical (unpaired) electrons. The number of Topliss-reactive ketones (excluding diaryl/α,β-unsaturated/α-hetero) is 1. The lowest BCUT2D eigenvalue weighted by Gasteiger charge is -2.30. The smallest absolute Gasteiger partial charge is 0.370 e. The second kappa shape index (κ2) is 14.4. The van der Waals surface area contributed by atoms with E-state index in [1.165, 1.54) is 11.3 Å². The molecule has 2 rings (SSSR count). The zero-order valence-corrected chi connectivity index (χ0v) is 20.6. The van der Waals surface area contributed by atoms with Crippen LogP contribution in [0.2, 0.25) is 0 Å². The van der Waals surface area contributed by atoms with Crippen LogP contribution in [0.1, 0.15) is 64.2 Å². The number of nitrogens with one attached hydrogen (secondary N) is 1. The number of halogens is 3. The number of aliphatic imine (C=N–C) groups is 1. The summed E-state index contributed by atoms with van der Waals surface area (Å²) in [5.74, 6) is -1.28. The van der Waals surface area contributed by atoms with E-state index in [4.69, 9.17) is 17.2 Å². The molecule has 10 nitrogen and oxygen atoms in total. The van der Waals surface area contributed by atoms with Crippen LogP contribution in [-0.2, 0) is 19.1 Å². The van der Waals surface area contributed by atoms with Gasteiger partial charge in [-0.15, -0.1) is 0 Å². The first kappa shape index (κ1) is 29.8. The van der Waals surface area contributed by atoms with Gasteiger partial charge in [-0.3, -0.25) is 19.4 Å². The number of nitrogens with zero attached hydrogens (tertiary/aromatic N) is 2. The molecule has 1 saturated heterocycles. The van der Waals surface area contributed by atoms with E-state index in [0.29, 0.717) is 38.1 Å². The number of ketones is 1. The number of likely N-dealkylation sites (tertiary alicyclic amines) is 1. The molecular weight excluding hydrogens is 481 g/mol. The van der Waals surface area contributed by atoms with E-state index in [-0.39, 0.29) is 24.8 Å². The van der Waals surface area contributed by atoms with Crippen LogP contribution in [0, 0.1) is 5.92 Å². The second-order valence-corrected chi connectivity index (χ2v) is 9.62. The van der Waals surface area contributed by atoms with Crippen molar-refractivity contribution in [2.24, 2.45) is 28.1 Å². The zero-order valence-electron chi connectivity index (χ0n) is 20.6. The van der Waals surface area contributed by atoms with Crippen molar-refractivity contribution in [2.75, 3.05) is 26.3 Å². The van der Waals surface area contributed by atoms with Gasteiger partial charge >= 0.3 is 6.18 Å². The highest BCUT2D eigenvalue weighted by atomic mass is 19.4. The molecule has 3 unspecified atom stereocenters. The fourth-order valence-corrected chi connectivity index (χ4v) is 4.85. The SMILES string of the molecule is NC(N)=NCCCC(NC(=O)C1CCCN1C(=O)C(N)CC1CCCCC1)C(=O)COCC(F)(F)F. The number of nitrogens with two attached hydrogens (primary N) is 3. The highest BCUT2D eigenvalue weighted by molar-refractivity contribution is 5.94. The largest absolute Gasteiger partial charge is 0.411 e. The van der Waals surface area contributed by atoms with Gasteiger partial charge in [-0.2, -0.15) is 13.2 Å². The van der Waals surface area contributed by atoms with Crippen LogP contribution in [0.25, 0.3) is 0 Å². The van der Waals surface area contributed by atoms with Gasteiger partial charge in [-0.1, -0.05) is 32.1 Å². The molecule has 1 aliphatic heterocycles. The van der Waals surface area contributed by atoms with Crippen molar-refractivity contribution in [3.63, 3.8) is 0 Å². The molecular formula is C23H39F3N6O4. The molecule has 206 valence electrons. The molecule has 2 fully saturated rings. The Kier molecular flexibility index (Phi) is 11.9. The maximum atomic E-state index is 13.1. The molecule has 0 aromatic heterocycles. The minimum Gasteiger partial charge on any atom is -0.370 e. The van der Waals surface area contributed by atoms with Gasteiger partial charge in [-0.05, 0) is 38.0 Å². The quantitative estimate of drug-likeness (QED) is 0.159. The van der Waals surface area contributed by atoms with Crippen molar-refractivity contribution >= 4 is 23.6 Å². The normalized spacial score (nSPS) is 20.6.